The second-order valence-corrected chi connectivity index (χ2v) is 4.39. The molecular formula is C12H25NO. The van der Waals surface area contributed by atoms with Crippen LogP contribution in [0.5, 0.6) is 0 Å². The summed E-state index contributed by atoms with van der Waals surface area (Å²) in [5.41, 5.74) is 0. The number of rotatable bonds is 8. The Bertz CT molecular complexity index is 121. The van der Waals surface area contributed by atoms with Gasteiger partial charge in [0.05, 0.1) is 0 Å². The predicted octanol–water partition coefficient (Wildman–Crippen LogP) is 2.58. The van der Waals surface area contributed by atoms with Crippen LogP contribution in [-0.2, 0) is 4.74 Å². The van der Waals surface area contributed by atoms with Crippen molar-refractivity contribution in [1.29, 1.82) is 0 Å². The minimum absolute atomic E-state index is 0.907. The van der Waals surface area contributed by atoms with Crippen molar-refractivity contribution in [3.8, 4) is 0 Å². The van der Waals surface area contributed by atoms with Crippen molar-refractivity contribution in [3.63, 3.8) is 0 Å². The fourth-order valence-corrected chi connectivity index (χ4v) is 2.23. The maximum absolute atomic E-state index is 5.00. The third kappa shape index (κ3) is 5.61. The van der Waals surface area contributed by atoms with Gasteiger partial charge in [-0.2, -0.15) is 0 Å². The van der Waals surface area contributed by atoms with E-state index in [1.807, 2.05) is 0 Å². The minimum atomic E-state index is 0.907. The number of hydrogen-bond donors (Lipinski definition) is 1. The van der Waals surface area contributed by atoms with Gasteiger partial charge in [-0.15, -0.1) is 0 Å². The largest absolute Gasteiger partial charge is 0.385 e. The normalized spacial score (nSPS) is 17.8. The molecule has 0 bridgehead atoms. The summed E-state index contributed by atoms with van der Waals surface area (Å²) in [6.07, 6.45) is 9.73. The minimum Gasteiger partial charge on any atom is -0.385 e. The molecule has 2 heteroatoms. The molecule has 0 aromatic carbocycles. The summed E-state index contributed by atoms with van der Waals surface area (Å²) in [7, 11) is 1.77. The summed E-state index contributed by atoms with van der Waals surface area (Å²) in [4.78, 5) is 0. The van der Waals surface area contributed by atoms with E-state index in [0.717, 1.165) is 19.1 Å². The van der Waals surface area contributed by atoms with E-state index < -0.39 is 0 Å². The summed E-state index contributed by atoms with van der Waals surface area (Å²) in [5, 5.41) is 3.52. The average Bonchev–Trinajstić information content (AvgIpc) is 2.69. The van der Waals surface area contributed by atoms with Gasteiger partial charge < -0.3 is 10.1 Å². The van der Waals surface area contributed by atoms with E-state index in [-0.39, 0.29) is 0 Å². The van der Waals surface area contributed by atoms with Gasteiger partial charge in [-0.3, -0.25) is 0 Å². The van der Waals surface area contributed by atoms with Crippen LogP contribution >= 0.6 is 0 Å². The smallest absolute Gasteiger partial charge is 0.0462 e. The molecular weight excluding hydrogens is 174 g/mol. The van der Waals surface area contributed by atoms with Gasteiger partial charge in [-0.1, -0.05) is 25.7 Å². The van der Waals surface area contributed by atoms with E-state index >= 15 is 0 Å². The Morgan fingerprint density at radius 2 is 1.93 bits per heavy atom. The standard InChI is InChI=1S/C12H25NO/c1-14-11-5-4-9-13-10-8-12-6-2-3-7-12/h12-13H,2-11H2,1H3. The maximum atomic E-state index is 5.00. The molecule has 1 N–H and O–H groups in total. The topological polar surface area (TPSA) is 21.3 Å². The van der Waals surface area contributed by atoms with Crippen LogP contribution in [0.4, 0.5) is 0 Å². The van der Waals surface area contributed by atoms with Crippen molar-refractivity contribution < 1.29 is 4.74 Å². The fourth-order valence-electron chi connectivity index (χ4n) is 2.23. The Hall–Kier alpha value is -0.0800. The first-order valence-electron chi connectivity index (χ1n) is 6.13. The van der Waals surface area contributed by atoms with Crippen LogP contribution in [0.1, 0.15) is 44.9 Å². The molecule has 0 spiro atoms. The second-order valence-electron chi connectivity index (χ2n) is 4.39. The second kappa shape index (κ2) is 8.25. The highest BCUT2D eigenvalue weighted by molar-refractivity contribution is 4.68. The monoisotopic (exact) mass is 199 g/mol. The van der Waals surface area contributed by atoms with E-state index in [0.29, 0.717) is 0 Å². The zero-order valence-electron chi connectivity index (χ0n) is 9.56. The van der Waals surface area contributed by atoms with Crippen molar-refractivity contribution in [2.75, 3.05) is 26.8 Å². The van der Waals surface area contributed by atoms with E-state index in [9.17, 15) is 0 Å². The number of hydrogen-bond acceptors (Lipinski definition) is 2. The van der Waals surface area contributed by atoms with Crippen LogP contribution in [0.25, 0.3) is 0 Å². The van der Waals surface area contributed by atoms with Gasteiger partial charge in [0, 0.05) is 13.7 Å². The van der Waals surface area contributed by atoms with Crippen LogP contribution in [-0.4, -0.2) is 26.8 Å². The average molecular weight is 199 g/mol. The van der Waals surface area contributed by atoms with Gasteiger partial charge >= 0.3 is 0 Å². The lowest BCUT2D eigenvalue weighted by atomic mass is 10.0. The number of unbranched alkanes of at least 4 members (excludes halogenated alkanes) is 1. The van der Waals surface area contributed by atoms with Crippen molar-refractivity contribution in [3.05, 3.63) is 0 Å². The van der Waals surface area contributed by atoms with E-state index in [1.54, 1.807) is 7.11 Å². The fraction of sp³-hybridized carbons (Fsp3) is 1.00. The zero-order valence-corrected chi connectivity index (χ0v) is 9.56. The number of methoxy groups -OCH3 is 1. The Balaban J connectivity index is 1.75. The molecule has 2 nitrogen and oxygen atoms in total. The van der Waals surface area contributed by atoms with Gasteiger partial charge in [0.2, 0.25) is 0 Å². The van der Waals surface area contributed by atoms with Crippen LogP contribution in [0.15, 0.2) is 0 Å². The SMILES string of the molecule is COCCCCNCCC1CCCC1. The molecule has 84 valence electrons. The van der Waals surface area contributed by atoms with Gasteiger partial charge in [0.25, 0.3) is 0 Å². The van der Waals surface area contributed by atoms with Gasteiger partial charge in [0.1, 0.15) is 0 Å². The zero-order chi connectivity index (χ0) is 10.1. The Morgan fingerprint density at radius 3 is 2.64 bits per heavy atom. The molecule has 0 atom stereocenters. The summed E-state index contributed by atoms with van der Waals surface area (Å²) in [6, 6.07) is 0. The molecule has 0 aliphatic heterocycles. The molecule has 0 aromatic heterocycles. The lowest BCUT2D eigenvalue weighted by Crippen LogP contribution is -2.19. The van der Waals surface area contributed by atoms with E-state index in [2.05, 4.69) is 5.32 Å². The Kier molecular flexibility index (Phi) is 7.06. The van der Waals surface area contributed by atoms with Gasteiger partial charge in [-0.05, 0) is 38.3 Å². The lowest BCUT2D eigenvalue weighted by molar-refractivity contribution is 0.192. The molecule has 0 radical (unpaired) electrons. The maximum Gasteiger partial charge on any atom is 0.0462 e. The van der Waals surface area contributed by atoms with Crippen LogP contribution < -0.4 is 5.32 Å². The quantitative estimate of drug-likeness (QED) is 0.607. The Labute approximate surface area is 88.4 Å². The van der Waals surface area contributed by atoms with Crippen molar-refractivity contribution >= 4 is 0 Å². The van der Waals surface area contributed by atoms with Crippen LogP contribution in [0.2, 0.25) is 0 Å². The van der Waals surface area contributed by atoms with Crippen molar-refractivity contribution in [2.45, 2.75) is 44.9 Å². The molecule has 0 unspecified atom stereocenters. The highest BCUT2D eigenvalue weighted by atomic mass is 16.5. The third-order valence-electron chi connectivity index (χ3n) is 3.16. The molecule has 1 fully saturated rings. The molecule has 0 aromatic rings. The molecule has 1 aliphatic rings. The summed E-state index contributed by atoms with van der Waals surface area (Å²) < 4.78 is 5.00. The number of nitrogens with one attached hydrogen (secondary N) is 1. The third-order valence-corrected chi connectivity index (χ3v) is 3.16. The first-order chi connectivity index (χ1) is 6.93. The summed E-state index contributed by atoms with van der Waals surface area (Å²) in [6.45, 7) is 3.29. The molecule has 1 aliphatic carbocycles. The molecule has 0 amide bonds. The molecule has 0 saturated heterocycles. The van der Waals surface area contributed by atoms with Gasteiger partial charge in [-0.25, -0.2) is 0 Å². The van der Waals surface area contributed by atoms with E-state index in [4.69, 9.17) is 4.74 Å². The molecule has 14 heavy (non-hydrogen) atoms. The molecule has 0 heterocycles. The summed E-state index contributed by atoms with van der Waals surface area (Å²) >= 11 is 0. The highest BCUT2D eigenvalue weighted by Crippen LogP contribution is 2.26. The number of ether oxygens (including phenoxy) is 1. The first-order valence-corrected chi connectivity index (χ1v) is 6.13. The lowest BCUT2D eigenvalue weighted by Gasteiger charge is -2.09. The highest BCUT2D eigenvalue weighted by Gasteiger charge is 2.13. The van der Waals surface area contributed by atoms with E-state index in [1.165, 1.54) is 51.5 Å². The first kappa shape index (κ1) is 12.0. The predicted molar refractivity (Wildman–Crippen MR) is 60.6 cm³/mol. The molecule has 1 saturated carbocycles. The van der Waals surface area contributed by atoms with Gasteiger partial charge in [0.15, 0.2) is 0 Å². The van der Waals surface area contributed by atoms with Crippen molar-refractivity contribution in [1.82, 2.24) is 5.32 Å². The van der Waals surface area contributed by atoms with Crippen molar-refractivity contribution in [2.24, 2.45) is 5.92 Å². The Morgan fingerprint density at radius 1 is 1.14 bits per heavy atom. The summed E-state index contributed by atoms with van der Waals surface area (Å²) in [5.74, 6) is 1.03. The molecule has 1 rings (SSSR count). The van der Waals surface area contributed by atoms with Crippen LogP contribution in [0, 0.1) is 5.92 Å². The van der Waals surface area contributed by atoms with Crippen LogP contribution in [0.3, 0.4) is 0 Å².